The van der Waals surface area contributed by atoms with Crippen LogP contribution in [0.1, 0.15) is 22.5 Å². The molecule has 0 aliphatic heterocycles. The third kappa shape index (κ3) is 3.54. The quantitative estimate of drug-likeness (QED) is 0.836. The zero-order chi connectivity index (χ0) is 15.4. The molecule has 0 saturated heterocycles. The first-order valence-electron chi connectivity index (χ1n) is 6.76. The van der Waals surface area contributed by atoms with Crippen molar-refractivity contribution in [3.63, 3.8) is 0 Å². The highest BCUT2D eigenvalue weighted by atomic mass is 32.2. The largest absolute Gasteiger partial charge is 0.394 e. The summed E-state index contributed by atoms with van der Waals surface area (Å²) in [7, 11) is 1.83. The van der Waals surface area contributed by atoms with Crippen LogP contribution < -0.4 is 5.32 Å². The van der Waals surface area contributed by atoms with E-state index in [1.807, 2.05) is 20.2 Å². The lowest BCUT2D eigenvalue weighted by atomic mass is 10.1. The number of amides is 1. The normalized spacial score (nSPS) is 12.6. The average Bonchev–Trinajstić information content (AvgIpc) is 2.77. The van der Waals surface area contributed by atoms with Crippen molar-refractivity contribution in [1.82, 2.24) is 20.1 Å². The number of pyridine rings is 1. The van der Waals surface area contributed by atoms with Crippen LogP contribution in [-0.4, -0.2) is 50.4 Å². The molecule has 6 nitrogen and oxygen atoms in total. The van der Waals surface area contributed by atoms with Gasteiger partial charge in [0.25, 0.3) is 5.91 Å². The van der Waals surface area contributed by atoms with Crippen LogP contribution in [-0.2, 0) is 7.05 Å². The van der Waals surface area contributed by atoms with Gasteiger partial charge < -0.3 is 10.4 Å². The van der Waals surface area contributed by atoms with Crippen molar-refractivity contribution < 1.29 is 9.90 Å². The van der Waals surface area contributed by atoms with Gasteiger partial charge in [0.15, 0.2) is 5.65 Å². The number of hydrogen-bond donors (Lipinski definition) is 2. The molecule has 2 rings (SSSR count). The maximum atomic E-state index is 12.2. The van der Waals surface area contributed by atoms with Gasteiger partial charge >= 0.3 is 0 Å². The molecule has 0 fully saturated rings. The lowest BCUT2D eigenvalue weighted by Crippen LogP contribution is -2.38. The van der Waals surface area contributed by atoms with Crippen LogP contribution >= 0.6 is 11.8 Å². The molecule has 1 unspecified atom stereocenters. The standard InChI is InChI=1S/C14H20N4O2S/c1-9-12-6-10(7-15-13(12)18(2)17-9)14(20)16-11(8-19)4-5-21-3/h6-7,11,19H,4-5,8H2,1-3H3,(H,16,20). The predicted octanol–water partition coefficient (Wildman–Crippen LogP) is 1.12. The van der Waals surface area contributed by atoms with Crippen molar-refractivity contribution in [3.05, 3.63) is 23.5 Å². The maximum absolute atomic E-state index is 12.2. The molecule has 0 saturated carbocycles. The topological polar surface area (TPSA) is 80.0 Å². The van der Waals surface area contributed by atoms with E-state index < -0.39 is 0 Å². The Labute approximate surface area is 127 Å². The highest BCUT2D eigenvalue weighted by Gasteiger charge is 2.15. The van der Waals surface area contributed by atoms with Gasteiger partial charge in [-0.25, -0.2) is 4.98 Å². The summed E-state index contributed by atoms with van der Waals surface area (Å²) in [5.74, 6) is 0.678. The van der Waals surface area contributed by atoms with Crippen molar-refractivity contribution in [2.45, 2.75) is 19.4 Å². The highest BCUT2D eigenvalue weighted by molar-refractivity contribution is 7.98. The Morgan fingerprint density at radius 2 is 2.33 bits per heavy atom. The van der Waals surface area contributed by atoms with E-state index in [2.05, 4.69) is 15.4 Å². The van der Waals surface area contributed by atoms with Crippen LogP contribution in [0, 0.1) is 6.92 Å². The Morgan fingerprint density at radius 3 is 3.00 bits per heavy atom. The average molecular weight is 308 g/mol. The summed E-state index contributed by atoms with van der Waals surface area (Å²) >= 11 is 1.69. The van der Waals surface area contributed by atoms with Gasteiger partial charge in [0.05, 0.1) is 23.9 Å². The van der Waals surface area contributed by atoms with E-state index in [0.717, 1.165) is 28.9 Å². The van der Waals surface area contributed by atoms with E-state index in [-0.39, 0.29) is 18.6 Å². The van der Waals surface area contributed by atoms with Gasteiger partial charge in [0, 0.05) is 18.6 Å². The van der Waals surface area contributed by atoms with Crippen molar-refractivity contribution in [1.29, 1.82) is 0 Å². The number of carbonyl (C=O) groups is 1. The van der Waals surface area contributed by atoms with E-state index in [9.17, 15) is 9.90 Å². The third-order valence-corrected chi connectivity index (χ3v) is 4.00. The van der Waals surface area contributed by atoms with Crippen LogP contribution in [0.15, 0.2) is 12.3 Å². The molecule has 1 atom stereocenters. The molecule has 114 valence electrons. The van der Waals surface area contributed by atoms with E-state index in [0.29, 0.717) is 5.56 Å². The first-order chi connectivity index (χ1) is 10.1. The van der Waals surface area contributed by atoms with Gasteiger partial charge in [-0.1, -0.05) is 0 Å². The number of fused-ring (bicyclic) bond motifs is 1. The van der Waals surface area contributed by atoms with Crippen molar-refractivity contribution in [2.75, 3.05) is 18.6 Å². The van der Waals surface area contributed by atoms with Crippen molar-refractivity contribution in [2.24, 2.45) is 7.05 Å². The zero-order valence-corrected chi connectivity index (χ0v) is 13.3. The first kappa shape index (κ1) is 15.8. The van der Waals surface area contributed by atoms with Crippen LogP contribution in [0.25, 0.3) is 11.0 Å². The number of aryl methyl sites for hydroxylation is 2. The fourth-order valence-corrected chi connectivity index (χ4v) is 2.69. The van der Waals surface area contributed by atoms with E-state index in [1.165, 1.54) is 0 Å². The molecular formula is C14H20N4O2S. The van der Waals surface area contributed by atoms with Crippen LogP contribution in [0.5, 0.6) is 0 Å². The molecular weight excluding hydrogens is 288 g/mol. The van der Waals surface area contributed by atoms with E-state index >= 15 is 0 Å². The smallest absolute Gasteiger partial charge is 0.253 e. The molecule has 0 radical (unpaired) electrons. The minimum Gasteiger partial charge on any atom is -0.394 e. The monoisotopic (exact) mass is 308 g/mol. The van der Waals surface area contributed by atoms with Crippen molar-refractivity contribution >= 4 is 28.7 Å². The summed E-state index contributed by atoms with van der Waals surface area (Å²) in [6, 6.07) is 1.57. The Bertz CT molecular complexity index is 641. The summed E-state index contributed by atoms with van der Waals surface area (Å²) in [4.78, 5) is 16.5. The number of carbonyl (C=O) groups excluding carboxylic acids is 1. The Hall–Kier alpha value is -1.60. The Balaban J connectivity index is 2.17. The Morgan fingerprint density at radius 1 is 1.57 bits per heavy atom. The summed E-state index contributed by atoms with van der Waals surface area (Å²) in [5.41, 5.74) is 2.09. The lowest BCUT2D eigenvalue weighted by molar-refractivity contribution is 0.0915. The van der Waals surface area contributed by atoms with E-state index in [1.54, 1.807) is 28.7 Å². The fraction of sp³-hybridized carbons (Fsp3) is 0.500. The maximum Gasteiger partial charge on any atom is 0.253 e. The Kier molecular flexibility index (Phi) is 5.19. The van der Waals surface area contributed by atoms with Gasteiger partial charge in [-0.3, -0.25) is 9.48 Å². The fourth-order valence-electron chi connectivity index (χ4n) is 2.17. The number of aromatic nitrogens is 3. The summed E-state index contributed by atoms with van der Waals surface area (Å²) < 4.78 is 1.70. The summed E-state index contributed by atoms with van der Waals surface area (Å²) in [6.07, 6.45) is 4.28. The molecule has 2 aromatic heterocycles. The van der Waals surface area contributed by atoms with Crippen molar-refractivity contribution in [3.8, 4) is 0 Å². The minimum absolute atomic E-state index is 0.0616. The molecule has 2 N–H and O–H groups in total. The second-order valence-electron chi connectivity index (χ2n) is 4.94. The van der Waals surface area contributed by atoms with Gasteiger partial charge in [-0.2, -0.15) is 16.9 Å². The highest BCUT2D eigenvalue weighted by Crippen LogP contribution is 2.16. The molecule has 0 aromatic carbocycles. The second-order valence-corrected chi connectivity index (χ2v) is 5.92. The van der Waals surface area contributed by atoms with Crippen LogP contribution in [0.3, 0.4) is 0 Å². The minimum atomic E-state index is -0.226. The first-order valence-corrected chi connectivity index (χ1v) is 8.16. The molecule has 0 spiro atoms. The molecule has 0 aliphatic carbocycles. The number of hydrogen-bond acceptors (Lipinski definition) is 5. The number of nitrogens with one attached hydrogen (secondary N) is 1. The molecule has 0 aliphatic rings. The van der Waals surface area contributed by atoms with Gasteiger partial charge in [-0.05, 0) is 31.4 Å². The summed E-state index contributed by atoms with van der Waals surface area (Å²) in [5, 5.41) is 17.3. The number of nitrogens with zero attached hydrogens (tertiary/aromatic N) is 3. The number of rotatable bonds is 6. The number of aliphatic hydroxyl groups is 1. The molecule has 1 amide bonds. The molecule has 0 bridgehead atoms. The predicted molar refractivity (Wildman–Crippen MR) is 84.6 cm³/mol. The van der Waals surface area contributed by atoms with Gasteiger partial charge in [-0.15, -0.1) is 0 Å². The second kappa shape index (κ2) is 6.91. The zero-order valence-electron chi connectivity index (χ0n) is 12.5. The SMILES string of the molecule is CSCCC(CO)NC(=O)c1cnc2c(c1)c(C)nn2C. The summed E-state index contributed by atoms with van der Waals surface area (Å²) in [6.45, 7) is 1.83. The molecule has 2 aromatic rings. The van der Waals surface area contributed by atoms with Gasteiger partial charge in [0.2, 0.25) is 0 Å². The van der Waals surface area contributed by atoms with Crippen LogP contribution in [0.4, 0.5) is 0 Å². The van der Waals surface area contributed by atoms with Crippen LogP contribution in [0.2, 0.25) is 0 Å². The lowest BCUT2D eigenvalue weighted by Gasteiger charge is -2.15. The molecule has 2 heterocycles. The number of aliphatic hydroxyl groups excluding tert-OH is 1. The number of thioether (sulfide) groups is 1. The molecule has 7 heteroatoms. The van der Waals surface area contributed by atoms with Gasteiger partial charge in [0.1, 0.15) is 0 Å². The van der Waals surface area contributed by atoms with E-state index in [4.69, 9.17) is 0 Å². The molecule has 21 heavy (non-hydrogen) atoms. The third-order valence-electron chi connectivity index (χ3n) is 3.35.